The molecule has 13 heteroatoms. The Labute approximate surface area is 345 Å². The van der Waals surface area contributed by atoms with Gasteiger partial charge in [-0.05, 0) is 44.9 Å². The Bertz CT molecular complexity index is 1160. The Hall–Kier alpha value is -1.87. The van der Waals surface area contributed by atoms with E-state index < -0.39 is 71.2 Å². The van der Waals surface area contributed by atoms with Gasteiger partial charge in [0, 0.05) is 12.8 Å². The standard InChI is InChI=1S/C44H80O12S/c1-3-5-7-9-11-13-15-17-19-21-23-25-27-29-31-33-40(46)55-37(35-54-44-43(49)42(48)41(47)38(56-44)36-57(50,51)52)34-53-39(45)32-30-28-26-24-22-20-18-16-14-12-10-8-6-4-2/h11,13,17,19,37-38,41-44,47-49H,3-10,12,14-16,18,20-36H2,1-2H3,(H,50,51,52)/b13-11+,19-17+/t37-,38-,41-,42?,43?,44+/m1/s1. The van der Waals surface area contributed by atoms with Crippen molar-refractivity contribution < 1.29 is 56.8 Å². The Kier molecular flexibility index (Phi) is 32.6. The lowest BCUT2D eigenvalue weighted by atomic mass is 10.00. The van der Waals surface area contributed by atoms with E-state index in [-0.39, 0.29) is 19.4 Å². The first-order chi connectivity index (χ1) is 27.5. The van der Waals surface area contributed by atoms with Crippen LogP contribution in [-0.4, -0.2) is 96.0 Å². The number of esters is 2. The topological polar surface area (TPSA) is 186 Å². The molecule has 0 amide bonds. The maximum absolute atomic E-state index is 12.8. The van der Waals surface area contributed by atoms with Gasteiger partial charge in [0.05, 0.1) is 6.61 Å². The van der Waals surface area contributed by atoms with Gasteiger partial charge in [0.15, 0.2) is 12.4 Å². The molecule has 2 unspecified atom stereocenters. The van der Waals surface area contributed by atoms with E-state index in [1.807, 2.05) is 0 Å². The molecule has 1 aliphatic heterocycles. The average Bonchev–Trinajstić information content (AvgIpc) is 3.17. The molecule has 0 aromatic carbocycles. The molecule has 6 atom stereocenters. The number of carbonyl (C=O) groups excluding carboxylic acids is 2. The van der Waals surface area contributed by atoms with E-state index in [9.17, 15) is 37.9 Å². The summed E-state index contributed by atoms with van der Waals surface area (Å²) in [5.41, 5.74) is 0. The second-order valence-electron chi connectivity index (χ2n) is 15.7. The first-order valence-electron chi connectivity index (χ1n) is 22.4. The Balaban J connectivity index is 2.46. The second-order valence-corrected chi connectivity index (χ2v) is 17.2. The molecule has 0 saturated carbocycles. The lowest BCUT2D eigenvalue weighted by Crippen LogP contribution is -2.60. The van der Waals surface area contributed by atoms with Crippen LogP contribution < -0.4 is 0 Å². The van der Waals surface area contributed by atoms with Crippen LogP contribution in [0.3, 0.4) is 0 Å². The van der Waals surface area contributed by atoms with Crippen LogP contribution in [0.1, 0.15) is 187 Å². The fourth-order valence-electron chi connectivity index (χ4n) is 6.77. The molecule has 4 N–H and O–H groups in total. The molecule has 1 aliphatic rings. The molecular formula is C44H80O12S. The molecule has 0 aliphatic carbocycles. The molecule has 1 rings (SSSR count). The number of aliphatic hydroxyl groups excluding tert-OH is 3. The summed E-state index contributed by atoms with van der Waals surface area (Å²) in [6, 6.07) is 0. The number of allylic oxidation sites excluding steroid dienone is 4. The van der Waals surface area contributed by atoms with Crippen LogP contribution in [0.5, 0.6) is 0 Å². The molecule has 0 radical (unpaired) electrons. The zero-order chi connectivity index (χ0) is 42.0. The van der Waals surface area contributed by atoms with Crippen LogP contribution >= 0.6 is 0 Å². The summed E-state index contributed by atoms with van der Waals surface area (Å²) in [4.78, 5) is 25.4. The summed E-state index contributed by atoms with van der Waals surface area (Å²) in [6.45, 7) is 3.72. The third-order valence-electron chi connectivity index (χ3n) is 10.3. The molecule has 1 saturated heterocycles. The van der Waals surface area contributed by atoms with Crippen LogP contribution in [0.15, 0.2) is 24.3 Å². The molecular weight excluding hydrogens is 753 g/mol. The van der Waals surface area contributed by atoms with Gasteiger partial charge in [-0.1, -0.05) is 154 Å². The molecule has 334 valence electrons. The molecule has 0 spiro atoms. The number of ether oxygens (including phenoxy) is 4. The van der Waals surface area contributed by atoms with Gasteiger partial charge < -0.3 is 34.3 Å². The van der Waals surface area contributed by atoms with Crippen molar-refractivity contribution in [3.05, 3.63) is 24.3 Å². The van der Waals surface area contributed by atoms with Gasteiger partial charge in [-0.3, -0.25) is 14.1 Å². The van der Waals surface area contributed by atoms with E-state index in [2.05, 4.69) is 38.2 Å². The van der Waals surface area contributed by atoms with Crippen molar-refractivity contribution in [2.45, 2.75) is 224 Å². The third kappa shape index (κ3) is 29.9. The summed E-state index contributed by atoms with van der Waals surface area (Å²) in [5.74, 6) is -1.99. The number of rotatable bonds is 37. The van der Waals surface area contributed by atoms with Crippen molar-refractivity contribution in [2.75, 3.05) is 19.0 Å². The van der Waals surface area contributed by atoms with Crippen LogP contribution in [0.4, 0.5) is 0 Å². The summed E-state index contributed by atoms with van der Waals surface area (Å²) >= 11 is 0. The SMILES string of the molecule is CCCCC/C=C/C/C=C/CCCCCCCC(=O)O[C@H](COC(=O)CCCCCCCCCCCCCCCC)CO[C@H]1O[C@H](CS(=O)(=O)O)[C@@H](O)C(O)C1O. The van der Waals surface area contributed by atoms with Gasteiger partial charge in [-0.2, -0.15) is 8.42 Å². The maximum atomic E-state index is 12.8. The van der Waals surface area contributed by atoms with E-state index >= 15 is 0 Å². The van der Waals surface area contributed by atoms with Crippen molar-refractivity contribution in [1.29, 1.82) is 0 Å². The number of hydrogen-bond acceptors (Lipinski definition) is 11. The molecule has 0 aromatic heterocycles. The Morgan fingerprint density at radius 1 is 0.596 bits per heavy atom. The fourth-order valence-corrected chi connectivity index (χ4v) is 7.46. The smallest absolute Gasteiger partial charge is 0.306 e. The minimum absolute atomic E-state index is 0.151. The predicted molar refractivity (Wildman–Crippen MR) is 224 cm³/mol. The van der Waals surface area contributed by atoms with Crippen molar-refractivity contribution in [3.63, 3.8) is 0 Å². The van der Waals surface area contributed by atoms with E-state index in [1.165, 1.54) is 83.5 Å². The van der Waals surface area contributed by atoms with Crippen LogP contribution in [-0.2, 0) is 38.7 Å². The first kappa shape index (κ1) is 53.1. The molecule has 0 bridgehead atoms. The average molecular weight is 833 g/mol. The maximum Gasteiger partial charge on any atom is 0.306 e. The Morgan fingerprint density at radius 2 is 1.05 bits per heavy atom. The second kappa shape index (κ2) is 34.9. The summed E-state index contributed by atoms with van der Waals surface area (Å²) in [6.07, 6.45) is 27.9. The highest BCUT2D eigenvalue weighted by Crippen LogP contribution is 2.24. The van der Waals surface area contributed by atoms with Crippen molar-refractivity contribution in [2.24, 2.45) is 0 Å². The predicted octanol–water partition coefficient (Wildman–Crippen LogP) is 8.84. The number of unbranched alkanes of at least 4 members (excludes halogenated alkanes) is 21. The highest BCUT2D eigenvalue weighted by Gasteiger charge is 2.46. The van der Waals surface area contributed by atoms with Crippen LogP contribution in [0, 0.1) is 0 Å². The monoisotopic (exact) mass is 833 g/mol. The molecule has 0 aromatic rings. The lowest BCUT2D eigenvalue weighted by Gasteiger charge is -2.40. The summed E-state index contributed by atoms with van der Waals surface area (Å²) in [7, 11) is -4.60. The molecule has 1 fully saturated rings. The van der Waals surface area contributed by atoms with Gasteiger partial charge in [0.2, 0.25) is 0 Å². The normalized spacial score (nSPS) is 20.7. The van der Waals surface area contributed by atoms with E-state index in [4.69, 9.17) is 18.9 Å². The minimum atomic E-state index is -4.60. The number of aliphatic hydroxyl groups is 3. The molecule has 12 nitrogen and oxygen atoms in total. The van der Waals surface area contributed by atoms with Crippen LogP contribution in [0.2, 0.25) is 0 Å². The van der Waals surface area contributed by atoms with Gasteiger partial charge in [-0.25, -0.2) is 0 Å². The van der Waals surface area contributed by atoms with Crippen molar-refractivity contribution >= 4 is 22.1 Å². The van der Waals surface area contributed by atoms with Gasteiger partial charge >= 0.3 is 11.9 Å². The van der Waals surface area contributed by atoms with E-state index in [0.29, 0.717) is 12.8 Å². The van der Waals surface area contributed by atoms with E-state index in [0.717, 1.165) is 64.2 Å². The molecule has 57 heavy (non-hydrogen) atoms. The summed E-state index contributed by atoms with van der Waals surface area (Å²) in [5, 5.41) is 30.8. The van der Waals surface area contributed by atoms with Crippen molar-refractivity contribution in [3.8, 4) is 0 Å². The fraction of sp³-hybridized carbons (Fsp3) is 0.864. The summed E-state index contributed by atoms with van der Waals surface area (Å²) < 4.78 is 54.0. The number of carbonyl (C=O) groups is 2. The number of hydrogen-bond donors (Lipinski definition) is 4. The Morgan fingerprint density at radius 3 is 1.58 bits per heavy atom. The van der Waals surface area contributed by atoms with Gasteiger partial charge in [0.1, 0.15) is 36.8 Å². The lowest BCUT2D eigenvalue weighted by molar-refractivity contribution is -0.297. The van der Waals surface area contributed by atoms with Crippen LogP contribution in [0.25, 0.3) is 0 Å². The van der Waals surface area contributed by atoms with Crippen molar-refractivity contribution in [1.82, 2.24) is 0 Å². The largest absolute Gasteiger partial charge is 0.462 e. The highest BCUT2D eigenvalue weighted by atomic mass is 32.2. The van der Waals surface area contributed by atoms with Gasteiger partial charge in [-0.15, -0.1) is 0 Å². The zero-order valence-electron chi connectivity index (χ0n) is 35.4. The molecule has 1 heterocycles. The first-order valence-corrected chi connectivity index (χ1v) is 24.0. The van der Waals surface area contributed by atoms with Gasteiger partial charge in [0.25, 0.3) is 10.1 Å². The van der Waals surface area contributed by atoms with E-state index in [1.54, 1.807) is 0 Å². The third-order valence-corrected chi connectivity index (χ3v) is 11.0. The quantitative estimate of drug-likeness (QED) is 0.0202. The zero-order valence-corrected chi connectivity index (χ0v) is 36.3. The minimum Gasteiger partial charge on any atom is -0.462 e. The highest BCUT2D eigenvalue weighted by molar-refractivity contribution is 7.85.